The fourth-order valence-electron chi connectivity index (χ4n) is 2.81. The average Bonchev–Trinajstić information content (AvgIpc) is 2.37. The van der Waals surface area contributed by atoms with Crippen LogP contribution in [0.3, 0.4) is 0 Å². The van der Waals surface area contributed by atoms with Crippen LogP contribution in [0.4, 0.5) is 0 Å². The predicted octanol–water partition coefficient (Wildman–Crippen LogP) is 3.89. The first-order valence-electron chi connectivity index (χ1n) is 7.88. The number of piperidine rings is 1. The van der Waals surface area contributed by atoms with E-state index in [9.17, 15) is 4.79 Å². The van der Waals surface area contributed by atoms with E-state index in [1.54, 1.807) is 0 Å². The zero-order valence-corrected chi connectivity index (χ0v) is 12.4. The van der Waals surface area contributed by atoms with E-state index in [0.29, 0.717) is 0 Å². The summed E-state index contributed by atoms with van der Waals surface area (Å²) >= 11 is 0. The maximum absolute atomic E-state index is 10.2. The number of rotatable bonds is 9. The van der Waals surface area contributed by atoms with Crippen LogP contribution in [0, 0.1) is 11.8 Å². The third-order valence-corrected chi connectivity index (χ3v) is 4.16. The molecule has 2 heteroatoms. The van der Waals surface area contributed by atoms with Gasteiger partial charge in [0.05, 0.1) is 0 Å². The Balaban J connectivity index is 1.99. The summed E-state index contributed by atoms with van der Waals surface area (Å²) in [6.07, 6.45) is 11.0. The van der Waals surface area contributed by atoms with Crippen LogP contribution in [0.5, 0.6) is 0 Å². The maximum atomic E-state index is 10.2. The molecule has 0 unspecified atom stereocenters. The molecule has 0 aromatic rings. The van der Waals surface area contributed by atoms with E-state index in [0.717, 1.165) is 31.0 Å². The molecule has 0 aromatic carbocycles. The van der Waals surface area contributed by atoms with E-state index in [4.69, 9.17) is 0 Å². The smallest absolute Gasteiger partial charge is 0.119 e. The summed E-state index contributed by atoms with van der Waals surface area (Å²) < 4.78 is 0. The number of carbonyl (C=O) groups is 1. The minimum atomic E-state index is 0.747. The van der Waals surface area contributed by atoms with Crippen molar-refractivity contribution in [3.05, 3.63) is 0 Å². The van der Waals surface area contributed by atoms with Crippen LogP contribution in [-0.4, -0.2) is 30.8 Å². The number of aldehydes is 1. The van der Waals surface area contributed by atoms with Crippen molar-refractivity contribution in [1.29, 1.82) is 0 Å². The Labute approximate surface area is 113 Å². The van der Waals surface area contributed by atoms with E-state index in [2.05, 4.69) is 18.7 Å². The molecule has 18 heavy (non-hydrogen) atoms. The molecule has 0 saturated carbocycles. The number of carbonyl (C=O) groups excluding carboxylic acids is 1. The molecule has 1 heterocycles. The van der Waals surface area contributed by atoms with Crippen LogP contribution >= 0.6 is 0 Å². The second-order valence-electron chi connectivity index (χ2n) is 6.27. The maximum Gasteiger partial charge on any atom is 0.119 e. The van der Waals surface area contributed by atoms with Gasteiger partial charge >= 0.3 is 0 Å². The molecular weight excluding hydrogens is 222 g/mol. The molecule has 0 amide bonds. The standard InChI is InChI=1S/C16H31NO/c1-15(2)7-8-16-9-12-17(13-10-16)11-5-3-4-6-14-18/h14-16H,3-13H2,1-2H3. The molecule has 1 fully saturated rings. The zero-order valence-electron chi connectivity index (χ0n) is 12.4. The lowest BCUT2D eigenvalue weighted by Gasteiger charge is -2.32. The highest BCUT2D eigenvalue weighted by Gasteiger charge is 2.18. The second-order valence-corrected chi connectivity index (χ2v) is 6.27. The zero-order chi connectivity index (χ0) is 13.2. The largest absolute Gasteiger partial charge is 0.303 e. The monoisotopic (exact) mass is 253 g/mol. The molecule has 2 nitrogen and oxygen atoms in total. The highest BCUT2D eigenvalue weighted by atomic mass is 16.1. The molecular formula is C16H31NO. The lowest BCUT2D eigenvalue weighted by molar-refractivity contribution is -0.107. The van der Waals surface area contributed by atoms with Gasteiger partial charge in [-0.05, 0) is 57.2 Å². The van der Waals surface area contributed by atoms with Gasteiger partial charge in [-0.15, -0.1) is 0 Å². The molecule has 0 atom stereocenters. The Bertz CT molecular complexity index is 207. The van der Waals surface area contributed by atoms with E-state index >= 15 is 0 Å². The van der Waals surface area contributed by atoms with E-state index in [-0.39, 0.29) is 0 Å². The van der Waals surface area contributed by atoms with E-state index in [1.165, 1.54) is 58.2 Å². The van der Waals surface area contributed by atoms with Crippen LogP contribution in [0.15, 0.2) is 0 Å². The molecule has 1 aliphatic heterocycles. The molecule has 0 N–H and O–H groups in total. The number of nitrogens with zero attached hydrogens (tertiary/aromatic N) is 1. The molecule has 0 spiro atoms. The van der Waals surface area contributed by atoms with Gasteiger partial charge in [-0.2, -0.15) is 0 Å². The third-order valence-electron chi connectivity index (χ3n) is 4.16. The van der Waals surface area contributed by atoms with Crippen molar-refractivity contribution in [3.63, 3.8) is 0 Å². The minimum absolute atomic E-state index is 0.747. The summed E-state index contributed by atoms with van der Waals surface area (Å²) in [7, 11) is 0. The first-order chi connectivity index (χ1) is 8.72. The number of unbranched alkanes of at least 4 members (excludes halogenated alkanes) is 3. The lowest BCUT2D eigenvalue weighted by atomic mass is 9.89. The Morgan fingerprint density at radius 1 is 1.17 bits per heavy atom. The topological polar surface area (TPSA) is 20.3 Å². The summed E-state index contributed by atoms with van der Waals surface area (Å²) in [6.45, 7) is 8.51. The molecule has 0 radical (unpaired) electrons. The number of likely N-dealkylation sites (tertiary alicyclic amines) is 1. The second kappa shape index (κ2) is 9.55. The Morgan fingerprint density at radius 2 is 1.89 bits per heavy atom. The van der Waals surface area contributed by atoms with Crippen molar-refractivity contribution in [1.82, 2.24) is 4.90 Å². The molecule has 0 aliphatic carbocycles. The number of hydrogen-bond acceptors (Lipinski definition) is 2. The Hall–Kier alpha value is -0.370. The quantitative estimate of drug-likeness (QED) is 0.459. The normalized spacial score (nSPS) is 18.4. The summed E-state index contributed by atoms with van der Waals surface area (Å²) in [5.74, 6) is 1.85. The van der Waals surface area contributed by atoms with Gasteiger partial charge in [0, 0.05) is 6.42 Å². The van der Waals surface area contributed by atoms with Crippen molar-refractivity contribution in [2.45, 2.75) is 65.2 Å². The number of hydrogen-bond donors (Lipinski definition) is 0. The van der Waals surface area contributed by atoms with Crippen LogP contribution in [-0.2, 0) is 4.79 Å². The highest BCUT2D eigenvalue weighted by molar-refractivity contribution is 5.48. The van der Waals surface area contributed by atoms with Crippen molar-refractivity contribution < 1.29 is 4.79 Å². The van der Waals surface area contributed by atoms with Crippen molar-refractivity contribution in [3.8, 4) is 0 Å². The first kappa shape index (κ1) is 15.7. The molecule has 1 rings (SSSR count). The molecule has 0 bridgehead atoms. The molecule has 1 saturated heterocycles. The van der Waals surface area contributed by atoms with Gasteiger partial charge in [-0.3, -0.25) is 0 Å². The average molecular weight is 253 g/mol. The third kappa shape index (κ3) is 7.15. The van der Waals surface area contributed by atoms with Crippen molar-refractivity contribution in [2.24, 2.45) is 11.8 Å². The van der Waals surface area contributed by atoms with Crippen LogP contribution in [0.2, 0.25) is 0 Å². The molecule has 0 aromatic heterocycles. The van der Waals surface area contributed by atoms with Gasteiger partial charge in [0.1, 0.15) is 6.29 Å². The minimum Gasteiger partial charge on any atom is -0.303 e. The SMILES string of the molecule is CC(C)CCC1CCN(CCCCCC=O)CC1. The molecule has 1 aliphatic rings. The van der Waals surface area contributed by atoms with Crippen molar-refractivity contribution in [2.75, 3.05) is 19.6 Å². The van der Waals surface area contributed by atoms with Gasteiger partial charge < -0.3 is 9.69 Å². The molecule has 106 valence electrons. The van der Waals surface area contributed by atoms with Crippen LogP contribution in [0.25, 0.3) is 0 Å². The summed E-state index contributed by atoms with van der Waals surface area (Å²) in [5, 5.41) is 0. The van der Waals surface area contributed by atoms with Gasteiger partial charge in [-0.1, -0.05) is 33.1 Å². The van der Waals surface area contributed by atoms with Gasteiger partial charge in [0.2, 0.25) is 0 Å². The van der Waals surface area contributed by atoms with Gasteiger partial charge in [0.25, 0.3) is 0 Å². The fraction of sp³-hybridized carbons (Fsp3) is 0.938. The summed E-state index contributed by atoms with van der Waals surface area (Å²) in [4.78, 5) is 12.8. The highest BCUT2D eigenvalue weighted by Crippen LogP contribution is 2.23. The van der Waals surface area contributed by atoms with E-state index in [1.807, 2.05) is 0 Å². The Kier molecular flexibility index (Phi) is 8.32. The fourth-order valence-corrected chi connectivity index (χ4v) is 2.81. The van der Waals surface area contributed by atoms with Gasteiger partial charge in [-0.25, -0.2) is 0 Å². The summed E-state index contributed by atoms with van der Waals surface area (Å²) in [5.41, 5.74) is 0. The predicted molar refractivity (Wildman–Crippen MR) is 77.8 cm³/mol. The van der Waals surface area contributed by atoms with Crippen molar-refractivity contribution >= 4 is 6.29 Å². The van der Waals surface area contributed by atoms with E-state index < -0.39 is 0 Å². The summed E-state index contributed by atoms with van der Waals surface area (Å²) in [6, 6.07) is 0. The first-order valence-corrected chi connectivity index (χ1v) is 7.88. The van der Waals surface area contributed by atoms with Crippen LogP contribution < -0.4 is 0 Å². The van der Waals surface area contributed by atoms with Crippen LogP contribution in [0.1, 0.15) is 65.2 Å². The van der Waals surface area contributed by atoms with Gasteiger partial charge in [0.15, 0.2) is 0 Å². The Morgan fingerprint density at radius 3 is 2.50 bits per heavy atom. The lowest BCUT2D eigenvalue weighted by Crippen LogP contribution is -2.34.